The van der Waals surface area contributed by atoms with Gasteiger partial charge in [0.05, 0.1) is 5.69 Å². The van der Waals surface area contributed by atoms with Gasteiger partial charge in [0.25, 0.3) is 5.91 Å². The summed E-state index contributed by atoms with van der Waals surface area (Å²) in [5.74, 6) is -0.0427. The van der Waals surface area contributed by atoms with Crippen molar-refractivity contribution in [3.63, 3.8) is 0 Å². The summed E-state index contributed by atoms with van der Waals surface area (Å²) in [4.78, 5) is 29.5. The Kier molecular flexibility index (Phi) is 5.56. The molecule has 1 saturated heterocycles. The molecule has 144 valence electrons. The van der Waals surface area contributed by atoms with Crippen LogP contribution in [0, 0.1) is 3.57 Å². The van der Waals surface area contributed by atoms with Crippen LogP contribution >= 0.6 is 34.2 Å². The molecule has 1 N–H and O–H groups in total. The maximum atomic E-state index is 12.9. The Bertz CT molecular complexity index is 1030. The number of aromatic amines is 1. The Hall–Kier alpha value is -2.10. The average Bonchev–Trinajstić information content (AvgIpc) is 3.12. The van der Waals surface area contributed by atoms with E-state index in [-0.39, 0.29) is 5.91 Å². The zero-order valence-corrected chi connectivity index (χ0v) is 17.9. The lowest BCUT2D eigenvalue weighted by atomic mass is 10.2. The van der Waals surface area contributed by atoms with Gasteiger partial charge in [-0.2, -0.15) is 0 Å². The first-order valence-corrected chi connectivity index (χ1v) is 10.3. The molecule has 0 bridgehead atoms. The molecule has 0 saturated carbocycles. The van der Waals surface area contributed by atoms with Gasteiger partial charge in [-0.15, -0.1) is 0 Å². The van der Waals surface area contributed by atoms with Crippen LogP contribution in [-0.4, -0.2) is 53.4 Å². The summed E-state index contributed by atoms with van der Waals surface area (Å²) in [6, 6.07) is 15.1. The number of aromatic nitrogens is 1. The summed E-state index contributed by atoms with van der Waals surface area (Å²) in [7, 11) is 0. The zero-order valence-electron chi connectivity index (χ0n) is 14.9. The van der Waals surface area contributed by atoms with Crippen molar-refractivity contribution >= 4 is 63.1 Å². The van der Waals surface area contributed by atoms with Crippen molar-refractivity contribution in [2.24, 2.45) is 0 Å². The van der Waals surface area contributed by atoms with Gasteiger partial charge in [-0.25, -0.2) is 10.0 Å². The van der Waals surface area contributed by atoms with Crippen molar-refractivity contribution in [2.75, 3.05) is 31.2 Å². The maximum absolute atomic E-state index is 12.9. The summed E-state index contributed by atoms with van der Waals surface area (Å²) in [5, 5.41) is 5.14. The number of rotatable bonds is 4. The van der Waals surface area contributed by atoms with E-state index in [0.29, 0.717) is 36.9 Å². The summed E-state index contributed by atoms with van der Waals surface area (Å²) < 4.78 is 1.06. The maximum Gasteiger partial charge on any atom is 0.270 e. The average molecular weight is 509 g/mol. The van der Waals surface area contributed by atoms with Crippen LogP contribution in [0.2, 0.25) is 5.02 Å². The van der Waals surface area contributed by atoms with Crippen molar-refractivity contribution in [1.82, 2.24) is 14.9 Å². The van der Waals surface area contributed by atoms with Gasteiger partial charge in [-0.05, 0) is 65.1 Å². The molecule has 3 aromatic rings. The Morgan fingerprint density at radius 3 is 2.61 bits per heavy atom. The molecule has 1 aromatic heterocycles. The highest BCUT2D eigenvalue weighted by molar-refractivity contribution is 14.1. The normalized spacial score (nSPS) is 15.0. The van der Waals surface area contributed by atoms with Gasteiger partial charge >= 0.3 is 0 Å². The van der Waals surface area contributed by atoms with E-state index in [0.717, 1.165) is 26.6 Å². The monoisotopic (exact) mass is 508 g/mol. The van der Waals surface area contributed by atoms with Crippen LogP contribution in [0.25, 0.3) is 10.9 Å². The fraction of sp³-hybridized carbons (Fsp3) is 0.200. The number of fused-ring (bicyclic) bond motifs is 1. The van der Waals surface area contributed by atoms with Gasteiger partial charge in [0.2, 0.25) is 6.41 Å². The minimum absolute atomic E-state index is 0.0427. The second-order valence-electron chi connectivity index (χ2n) is 6.59. The molecule has 2 heterocycles. The third-order valence-corrected chi connectivity index (χ3v) is 5.74. The van der Waals surface area contributed by atoms with Crippen molar-refractivity contribution in [2.45, 2.75) is 0 Å². The Labute approximate surface area is 181 Å². The van der Waals surface area contributed by atoms with E-state index in [9.17, 15) is 9.59 Å². The van der Waals surface area contributed by atoms with Crippen LogP contribution in [0.5, 0.6) is 0 Å². The summed E-state index contributed by atoms with van der Waals surface area (Å²) >= 11 is 8.25. The van der Waals surface area contributed by atoms with Crippen LogP contribution in [0.15, 0.2) is 48.5 Å². The number of amides is 2. The number of piperazine rings is 1. The number of halogens is 2. The Balaban J connectivity index is 1.45. The van der Waals surface area contributed by atoms with Crippen LogP contribution in [0.3, 0.4) is 0 Å². The molecule has 1 fully saturated rings. The first-order valence-electron chi connectivity index (χ1n) is 8.87. The lowest BCUT2D eigenvalue weighted by Crippen LogP contribution is -2.55. The highest BCUT2D eigenvalue weighted by atomic mass is 127. The molecule has 4 rings (SSSR count). The summed E-state index contributed by atoms with van der Waals surface area (Å²) in [6.45, 7) is 2.26. The second-order valence-corrected chi connectivity index (χ2v) is 8.27. The minimum atomic E-state index is -0.0427. The molecule has 2 aromatic carbocycles. The minimum Gasteiger partial charge on any atom is -0.351 e. The number of anilines is 1. The van der Waals surface area contributed by atoms with Crippen molar-refractivity contribution in [1.29, 1.82) is 0 Å². The number of nitrogens with one attached hydrogen (secondary N) is 1. The van der Waals surface area contributed by atoms with Crippen LogP contribution in [-0.2, 0) is 4.79 Å². The van der Waals surface area contributed by atoms with Crippen LogP contribution in [0.4, 0.5) is 5.69 Å². The van der Waals surface area contributed by atoms with E-state index in [2.05, 4.69) is 27.6 Å². The molecule has 0 radical (unpaired) electrons. The van der Waals surface area contributed by atoms with Gasteiger partial charge in [0.1, 0.15) is 5.69 Å². The van der Waals surface area contributed by atoms with Crippen molar-refractivity contribution < 1.29 is 9.59 Å². The number of nitrogens with zero attached hydrogens (tertiary/aromatic N) is 3. The second kappa shape index (κ2) is 8.10. The molecule has 1 aliphatic heterocycles. The van der Waals surface area contributed by atoms with E-state index in [1.54, 1.807) is 16.0 Å². The van der Waals surface area contributed by atoms with Crippen LogP contribution < -0.4 is 5.01 Å². The number of carbonyl (C=O) groups is 2. The lowest BCUT2D eigenvalue weighted by Gasteiger charge is -2.39. The van der Waals surface area contributed by atoms with E-state index >= 15 is 0 Å². The molecule has 8 heteroatoms. The highest BCUT2D eigenvalue weighted by Gasteiger charge is 2.26. The largest absolute Gasteiger partial charge is 0.351 e. The van der Waals surface area contributed by atoms with Gasteiger partial charge in [-0.1, -0.05) is 17.7 Å². The number of hydrazine groups is 1. The zero-order chi connectivity index (χ0) is 19.7. The smallest absolute Gasteiger partial charge is 0.270 e. The molecular weight excluding hydrogens is 491 g/mol. The molecule has 0 aliphatic carbocycles. The molecule has 6 nitrogen and oxygen atoms in total. The summed E-state index contributed by atoms with van der Waals surface area (Å²) in [5.41, 5.74) is 2.27. The Morgan fingerprint density at radius 1 is 1.11 bits per heavy atom. The van der Waals surface area contributed by atoms with Crippen molar-refractivity contribution in [3.05, 3.63) is 62.8 Å². The molecule has 2 amide bonds. The van der Waals surface area contributed by atoms with Gasteiger partial charge in [0, 0.05) is 45.7 Å². The predicted molar refractivity (Wildman–Crippen MR) is 118 cm³/mol. The van der Waals surface area contributed by atoms with Gasteiger partial charge in [0.15, 0.2) is 0 Å². The molecule has 28 heavy (non-hydrogen) atoms. The molecule has 0 unspecified atom stereocenters. The molecular formula is C20H18ClIN4O2. The third-order valence-electron chi connectivity index (χ3n) is 4.83. The van der Waals surface area contributed by atoms with Gasteiger partial charge in [-0.3, -0.25) is 9.59 Å². The van der Waals surface area contributed by atoms with E-state index in [1.807, 2.05) is 47.5 Å². The number of benzene rings is 2. The molecule has 0 spiro atoms. The number of hydrogen-bond acceptors (Lipinski definition) is 3. The SMILES string of the molecule is O=CN(c1cccc(I)c1)N1CCN(C(=O)c2cc3cc(Cl)ccc3[nH]2)CC1. The first kappa shape index (κ1) is 19.2. The quantitative estimate of drug-likeness (QED) is 0.431. The fourth-order valence-corrected chi connectivity index (χ4v) is 4.12. The number of hydrogen-bond donors (Lipinski definition) is 1. The molecule has 1 aliphatic rings. The van der Waals surface area contributed by atoms with Crippen LogP contribution in [0.1, 0.15) is 10.5 Å². The summed E-state index contributed by atoms with van der Waals surface area (Å²) in [6.07, 6.45) is 0.824. The van der Waals surface area contributed by atoms with E-state index in [4.69, 9.17) is 11.6 Å². The number of carbonyl (C=O) groups excluding carboxylic acids is 2. The lowest BCUT2D eigenvalue weighted by molar-refractivity contribution is -0.110. The van der Waals surface area contributed by atoms with E-state index < -0.39 is 0 Å². The van der Waals surface area contributed by atoms with Crippen molar-refractivity contribution in [3.8, 4) is 0 Å². The molecule has 0 atom stereocenters. The first-order chi connectivity index (χ1) is 13.5. The number of H-pyrrole nitrogens is 1. The van der Waals surface area contributed by atoms with E-state index in [1.165, 1.54) is 0 Å². The third kappa shape index (κ3) is 3.87. The standard InChI is InChI=1S/C20H18ClIN4O2/c21-15-4-5-18-14(10-15)11-19(23-18)20(28)24-6-8-25(9-7-24)26(13-27)17-3-1-2-16(22)12-17/h1-5,10-13,23H,6-9H2. The van der Waals surface area contributed by atoms with Gasteiger partial charge < -0.3 is 9.88 Å². The topological polar surface area (TPSA) is 59.7 Å². The highest BCUT2D eigenvalue weighted by Crippen LogP contribution is 2.22. The predicted octanol–water partition coefficient (Wildman–Crippen LogP) is 3.76. The fourth-order valence-electron chi connectivity index (χ4n) is 3.41. The Morgan fingerprint density at radius 2 is 1.89 bits per heavy atom.